The summed E-state index contributed by atoms with van der Waals surface area (Å²) in [6.07, 6.45) is 0. The van der Waals surface area contributed by atoms with Crippen molar-refractivity contribution in [3.63, 3.8) is 0 Å². The van der Waals surface area contributed by atoms with Crippen molar-refractivity contribution >= 4 is 17.7 Å². The highest BCUT2D eigenvalue weighted by Gasteiger charge is 2.38. The van der Waals surface area contributed by atoms with Crippen molar-refractivity contribution < 1.29 is 23.1 Å². The minimum atomic E-state index is -1.05. The van der Waals surface area contributed by atoms with Crippen LogP contribution in [0.4, 0.5) is 13.6 Å². The number of benzene rings is 1. The molecule has 1 aromatic carbocycles. The molecule has 5 nitrogen and oxygen atoms in total. The summed E-state index contributed by atoms with van der Waals surface area (Å²) in [5, 5.41) is 2.48. The van der Waals surface area contributed by atoms with Crippen molar-refractivity contribution in [3.8, 4) is 0 Å². The molecule has 1 aromatic rings. The summed E-state index contributed by atoms with van der Waals surface area (Å²) in [7, 11) is 0. The minimum Gasteiger partial charge on any atom is -0.465 e. The van der Waals surface area contributed by atoms with Crippen LogP contribution in [-0.4, -0.2) is 24.3 Å². The van der Waals surface area contributed by atoms with Crippen LogP contribution in [-0.2, 0) is 9.53 Å². The van der Waals surface area contributed by atoms with Gasteiger partial charge in [0.2, 0.25) is 0 Å². The zero-order valence-corrected chi connectivity index (χ0v) is 11.5. The Bertz CT molecular complexity index is 616. The number of carbonyl (C=O) groups is 2. The van der Waals surface area contributed by atoms with E-state index in [1.807, 2.05) is 0 Å². The van der Waals surface area contributed by atoms with Crippen LogP contribution in [0.2, 0.25) is 0 Å². The molecule has 1 aliphatic rings. The average molecular weight is 296 g/mol. The Balaban J connectivity index is 2.42. The lowest BCUT2D eigenvalue weighted by Crippen LogP contribution is -2.44. The number of hydrogen-bond acceptors (Lipinski definition) is 3. The van der Waals surface area contributed by atoms with Crippen molar-refractivity contribution in [2.75, 3.05) is 6.61 Å². The SMILES string of the molecule is CCOC(=O)C1C(C)=NC(=O)NC1c1ccc(F)c(F)c1. The first-order chi connectivity index (χ1) is 9.93. The van der Waals surface area contributed by atoms with Gasteiger partial charge in [-0.25, -0.2) is 18.6 Å². The smallest absolute Gasteiger partial charge is 0.341 e. The van der Waals surface area contributed by atoms with Gasteiger partial charge >= 0.3 is 12.0 Å². The maximum absolute atomic E-state index is 13.4. The van der Waals surface area contributed by atoms with E-state index in [0.717, 1.165) is 12.1 Å². The first-order valence-corrected chi connectivity index (χ1v) is 6.41. The summed E-state index contributed by atoms with van der Waals surface area (Å²) in [6.45, 7) is 3.34. The van der Waals surface area contributed by atoms with E-state index in [1.54, 1.807) is 6.92 Å². The van der Waals surface area contributed by atoms with Crippen LogP contribution in [0.25, 0.3) is 0 Å². The van der Waals surface area contributed by atoms with E-state index in [4.69, 9.17) is 4.74 Å². The van der Waals surface area contributed by atoms with Crippen molar-refractivity contribution in [3.05, 3.63) is 35.4 Å². The lowest BCUT2D eigenvalue weighted by molar-refractivity contribution is -0.146. The Morgan fingerprint density at radius 1 is 1.38 bits per heavy atom. The van der Waals surface area contributed by atoms with E-state index >= 15 is 0 Å². The van der Waals surface area contributed by atoms with Gasteiger partial charge in [-0.3, -0.25) is 4.79 Å². The van der Waals surface area contributed by atoms with Gasteiger partial charge in [0.25, 0.3) is 0 Å². The summed E-state index contributed by atoms with van der Waals surface area (Å²) in [5.74, 6) is -3.50. The topological polar surface area (TPSA) is 67.8 Å². The fourth-order valence-electron chi connectivity index (χ4n) is 2.24. The number of esters is 1. The second-order valence-electron chi connectivity index (χ2n) is 4.58. The Labute approximate surface area is 120 Å². The largest absolute Gasteiger partial charge is 0.465 e. The molecule has 1 heterocycles. The van der Waals surface area contributed by atoms with Crippen LogP contribution < -0.4 is 5.32 Å². The molecule has 0 spiro atoms. The standard InChI is InChI=1S/C14H14F2N2O3/c1-3-21-13(19)11-7(2)17-14(20)18-12(11)8-4-5-9(15)10(16)6-8/h4-6,11-12H,3H2,1-2H3,(H,18,20). The van der Waals surface area contributed by atoms with E-state index < -0.39 is 35.6 Å². The number of carbonyl (C=O) groups excluding carboxylic acids is 2. The highest BCUT2D eigenvalue weighted by Crippen LogP contribution is 2.28. The van der Waals surface area contributed by atoms with Crippen LogP contribution in [0.1, 0.15) is 25.5 Å². The molecule has 2 amide bonds. The van der Waals surface area contributed by atoms with Gasteiger partial charge in [-0.05, 0) is 31.5 Å². The van der Waals surface area contributed by atoms with Crippen molar-refractivity contribution in [2.24, 2.45) is 10.9 Å². The molecule has 21 heavy (non-hydrogen) atoms. The van der Waals surface area contributed by atoms with E-state index in [9.17, 15) is 18.4 Å². The van der Waals surface area contributed by atoms with Gasteiger partial charge in [0.15, 0.2) is 11.6 Å². The van der Waals surface area contributed by atoms with Crippen molar-refractivity contribution in [1.29, 1.82) is 0 Å². The number of nitrogens with zero attached hydrogens (tertiary/aromatic N) is 1. The van der Waals surface area contributed by atoms with Crippen molar-refractivity contribution in [1.82, 2.24) is 5.32 Å². The van der Waals surface area contributed by atoms with Gasteiger partial charge in [-0.1, -0.05) is 6.07 Å². The Hall–Kier alpha value is -2.31. The Kier molecular flexibility index (Phi) is 4.30. The molecule has 0 radical (unpaired) electrons. The lowest BCUT2D eigenvalue weighted by Gasteiger charge is -2.29. The second-order valence-corrected chi connectivity index (χ2v) is 4.58. The molecule has 0 aromatic heterocycles. The average Bonchev–Trinajstić information content (AvgIpc) is 2.41. The van der Waals surface area contributed by atoms with Crippen LogP contribution in [0.15, 0.2) is 23.2 Å². The number of nitrogens with one attached hydrogen (secondary N) is 1. The fourth-order valence-corrected chi connectivity index (χ4v) is 2.24. The quantitative estimate of drug-likeness (QED) is 0.871. The zero-order chi connectivity index (χ0) is 15.6. The van der Waals surface area contributed by atoms with Crippen LogP contribution in [0.3, 0.4) is 0 Å². The molecule has 2 atom stereocenters. The van der Waals surface area contributed by atoms with E-state index in [2.05, 4.69) is 10.3 Å². The molecular weight excluding hydrogens is 282 g/mol. The van der Waals surface area contributed by atoms with Gasteiger partial charge in [-0.2, -0.15) is 0 Å². The monoisotopic (exact) mass is 296 g/mol. The number of urea groups is 1. The fraction of sp³-hybridized carbons (Fsp3) is 0.357. The summed E-state index contributed by atoms with van der Waals surface area (Å²) in [5.41, 5.74) is 0.543. The molecule has 1 N–H and O–H groups in total. The minimum absolute atomic E-state index is 0.168. The number of aliphatic imine (C=N–C) groups is 1. The Morgan fingerprint density at radius 3 is 2.71 bits per heavy atom. The summed E-state index contributed by atoms with van der Waals surface area (Å²) < 4.78 is 31.3. The first kappa shape index (κ1) is 15.1. The molecule has 2 unspecified atom stereocenters. The second kappa shape index (κ2) is 5.99. The predicted molar refractivity (Wildman–Crippen MR) is 70.9 cm³/mol. The van der Waals surface area contributed by atoms with Crippen molar-refractivity contribution in [2.45, 2.75) is 19.9 Å². The zero-order valence-electron chi connectivity index (χ0n) is 11.5. The maximum Gasteiger partial charge on any atom is 0.341 e. The first-order valence-electron chi connectivity index (χ1n) is 6.41. The predicted octanol–water partition coefficient (Wildman–Crippen LogP) is 2.37. The molecule has 0 aliphatic carbocycles. The van der Waals surface area contributed by atoms with Gasteiger partial charge in [-0.15, -0.1) is 0 Å². The Morgan fingerprint density at radius 2 is 2.10 bits per heavy atom. The third kappa shape index (κ3) is 3.07. The molecule has 112 valence electrons. The van der Waals surface area contributed by atoms with Gasteiger partial charge in [0.1, 0.15) is 5.92 Å². The van der Waals surface area contributed by atoms with Gasteiger partial charge < -0.3 is 10.1 Å². The van der Waals surface area contributed by atoms with Gasteiger partial charge in [0, 0.05) is 5.71 Å². The molecule has 0 saturated carbocycles. The van der Waals surface area contributed by atoms with E-state index in [1.165, 1.54) is 13.0 Å². The number of rotatable bonds is 3. The number of amides is 2. The summed E-state index contributed by atoms with van der Waals surface area (Å²) in [4.78, 5) is 27.2. The van der Waals surface area contributed by atoms with E-state index in [-0.39, 0.29) is 17.9 Å². The van der Waals surface area contributed by atoms with Crippen LogP contribution >= 0.6 is 0 Å². The third-order valence-electron chi connectivity index (χ3n) is 3.18. The molecule has 0 fully saturated rings. The summed E-state index contributed by atoms with van der Waals surface area (Å²) >= 11 is 0. The van der Waals surface area contributed by atoms with E-state index in [0.29, 0.717) is 0 Å². The number of hydrogen-bond donors (Lipinski definition) is 1. The molecule has 2 rings (SSSR count). The van der Waals surface area contributed by atoms with Gasteiger partial charge in [0.05, 0.1) is 12.6 Å². The summed E-state index contributed by atoms with van der Waals surface area (Å²) in [6, 6.07) is 1.73. The molecule has 0 saturated heterocycles. The molecule has 7 heteroatoms. The van der Waals surface area contributed by atoms with Crippen LogP contribution in [0.5, 0.6) is 0 Å². The number of ether oxygens (including phenoxy) is 1. The highest BCUT2D eigenvalue weighted by molar-refractivity contribution is 6.08. The molecule has 0 bridgehead atoms. The normalized spacial score (nSPS) is 21.5. The maximum atomic E-state index is 13.4. The lowest BCUT2D eigenvalue weighted by atomic mass is 9.88. The number of halogens is 2. The third-order valence-corrected chi connectivity index (χ3v) is 3.18. The molecular formula is C14H14F2N2O3. The highest BCUT2D eigenvalue weighted by atomic mass is 19.2. The van der Waals surface area contributed by atoms with Crippen LogP contribution in [0, 0.1) is 17.6 Å². The molecule has 1 aliphatic heterocycles.